The smallest absolute Gasteiger partial charge is 0.290 e. The van der Waals surface area contributed by atoms with Crippen LogP contribution >= 0.6 is 0 Å². The highest BCUT2D eigenvalue weighted by Gasteiger charge is 2.15. The van der Waals surface area contributed by atoms with E-state index < -0.39 is 17.3 Å². The van der Waals surface area contributed by atoms with Crippen LogP contribution in [0.15, 0.2) is 53.3 Å². The van der Waals surface area contributed by atoms with Crippen LogP contribution in [0.4, 0.5) is 14.5 Å². The highest BCUT2D eigenvalue weighted by atomic mass is 19.1. The van der Waals surface area contributed by atoms with E-state index in [0.717, 1.165) is 0 Å². The van der Waals surface area contributed by atoms with Crippen molar-refractivity contribution in [2.45, 2.75) is 13.3 Å². The van der Waals surface area contributed by atoms with Crippen molar-refractivity contribution in [3.63, 3.8) is 0 Å². The number of nitrogens with zero attached hydrogens (tertiary/aromatic N) is 3. The van der Waals surface area contributed by atoms with Gasteiger partial charge in [0.1, 0.15) is 17.2 Å². The normalized spacial score (nSPS) is 11.0. The van der Waals surface area contributed by atoms with Gasteiger partial charge in [0, 0.05) is 11.3 Å². The number of amides is 1. The van der Waals surface area contributed by atoms with E-state index in [2.05, 4.69) is 20.6 Å². The van der Waals surface area contributed by atoms with E-state index in [0.29, 0.717) is 22.5 Å². The Labute approximate surface area is 163 Å². The summed E-state index contributed by atoms with van der Waals surface area (Å²) in [6.07, 6.45) is -0.172. The maximum absolute atomic E-state index is 13.2. The van der Waals surface area contributed by atoms with Crippen LogP contribution in [0.2, 0.25) is 0 Å². The number of aromatic amines is 1. The Hall–Kier alpha value is -3.88. The molecule has 1 amide bonds. The minimum Gasteiger partial charge on any atom is -0.325 e. The van der Waals surface area contributed by atoms with Crippen LogP contribution in [0.1, 0.15) is 11.4 Å². The van der Waals surface area contributed by atoms with Gasteiger partial charge in [0.25, 0.3) is 5.56 Å². The molecule has 2 heterocycles. The van der Waals surface area contributed by atoms with Crippen LogP contribution in [0, 0.1) is 18.6 Å². The minimum absolute atomic E-state index is 0.172. The second-order valence-electron chi connectivity index (χ2n) is 6.49. The summed E-state index contributed by atoms with van der Waals surface area (Å²) < 4.78 is 27.7. The molecule has 0 atom stereocenters. The molecule has 7 nitrogen and oxygen atoms in total. The number of carbonyl (C=O) groups is 1. The number of hydrogen-bond donors (Lipinski definition) is 2. The number of halogens is 2. The lowest BCUT2D eigenvalue weighted by Gasteiger charge is -2.08. The van der Waals surface area contributed by atoms with Crippen molar-refractivity contribution in [2.24, 2.45) is 0 Å². The summed E-state index contributed by atoms with van der Waals surface area (Å²) in [5.41, 5.74) is 1.86. The molecule has 0 bridgehead atoms. The number of anilines is 1. The van der Waals surface area contributed by atoms with E-state index in [-0.39, 0.29) is 23.6 Å². The number of aromatic nitrogens is 4. The molecule has 146 valence electrons. The van der Waals surface area contributed by atoms with Crippen molar-refractivity contribution < 1.29 is 13.6 Å². The Morgan fingerprint density at radius 1 is 1.10 bits per heavy atom. The second kappa shape index (κ2) is 7.27. The summed E-state index contributed by atoms with van der Waals surface area (Å²) in [6.45, 7) is 1.68. The van der Waals surface area contributed by atoms with E-state index in [1.54, 1.807) is 25.1 Å². The van der Waals surface area contributed by atoms with E-state index >= 15 is 0 Å². The molecule has 2 N–H and O–H groups in total. The standard InChI is InChI=1S/C20H15F2N5O2/c1-11-8-14(22)6-7-15(11)23-19(28)10-18-24-25-20(29)17-9-16(26-27(17)18)12-2-4-13(21)5-3-12/h2-9H,10H2,1H3,(H,23,28)(H,25,29). The SMILES string of the molecule is Cc1cc(F)ccc1NC(=O)Cc1n[nH]c(=O)c2cc(-c3ccc(F)cc3)nn12. The lowest BCUT2D eigenvalue weighted by atomic mass is 10.1. The number of benzene rings is 2. The van der Waals surface area contributed by atoms with Gasteiger partial charge >= 0.3 is 0 Å². The molecule has 4 rings (SSSR count). The maximum Gasteiger partial charge on any atom is 0.290 e. The van der Waals surface area contributed by atoms with Gasteiger partial charge in [-0.3, -0.25) is 9.59 Å². The third-order valence-electron chi connectivity index (χ3n) is 4.39. The quantitative estimate of drug-likeness (QED) is 0.556. The number of aryl methyl sites for hydroxylation is 1. The Kier molecular flexibility index (Phi) is 4.63. The third-order valence-corrected chi connectivity index (χ3v) is 4.39. The van der Waals surface area contributed by atoms with Gasteiger partial charge in [-0.25, -0.2) is 18.4 Å². The topological polar surface area (TPSA) is 92.1 Å². The average Bonchev–Trinajstić information content (AvgIpc) is 3.13. The summed E-state index contributed by atoms with van der Waals surface area (Å²) in [5, 5.41) is 13.3. The number of hydrogen-bond acceptors (Lipinski definition) is 4. The highest BCUT2D eigenvalue weighted by molar-refractivity contribution is 5.92. The molecule has 9 heteroatoms. The zero-order chi connectivity index (χ0) is 20.5. The molecule has 2 aromatic carbocycles. The monoisotopic (exact) mass is 395 g/mol. The summed E-state index contributed by atoms with van der Waals surface area (Å²) in [7, 11) is 0. The first-order chi connectivity index (χ1) is 13.9. The van der Waals surface area contributed by atoms with Crippen molar-refractivity contribution in [1.82, 2.24) is 19.8 Å². The fraction of sp³-hybridized carbons (Fsp3) is 0.100. The third kappa shape index (κ3) is 3.75. The lowest BCUT2D eigenvalue weighted by Crippen LogP contribution is -2.22. The van der Waals surface area contributed by atoms with Crippen LogP contribution in [0.5, 0.6) is 0 Å². The molecule has 0 spiro atoms. The zero-order valence-electron chi connectivity index (χ0n) is 15.2. The van der Waals surface area contributed by atoms with E-state index in [1.165, 1.54) is 34.8 Å². The Balaban J connectivity index is 1.65. The molecule has 4 aromatic rings. The number of rotatable bonds is 4. The summed E-state index contributed by atoms with van der Waals surface area (Å²) >= 11 is 0. The first-order valence-corrected chi connectivity index (χ1v) is 8.70. The molecule has 2 aromatic heterocycles. The van der Waals surface area contributed by atoms with Gasteiger partial charge in [-0.05, 0) is 61.0 Å². The van der Waals surface area contributed by atoms with Gasteiger partial charge in [-0.1, -0.05) is 0 Å². The van der Waals surface area contributed by atoms with Crippen LogP contribution in [-0.4, -0.2) is 25.7 Å². The van der Waals surface area contributed by atoms with Gasteiger partial charge in [0.05, 0.1) is 12.1 Å². The van der Waals surface area contributed by atoms with Gasteiger partial charge in [0.15, 0.2) is 5.82 Å². The van der Waals surface area contributed by atoms with E-state index in [4.69, 9.17) is 0 Å². The van der Waals surface area contributed by atoms with Crippen LogP contribution in [-0.2, 0) is 11.2 Å². The summed E-state index contributed by atoms with van der Waals surface area (Å²) in [5.74, 6) is -0.968. The Morgan fingerprint density at radius 3 is 2.55 bits per heavy atom. The predicted molar refractivity (Wildman–Crippen MR) is 102 cm³/mol. The lowest BCUT2D eigenvalue weighted by molar-refractivity contribution is -0.115. The van der Waals surface area contributed by atoms with Gasteiger partial charge in [0.2, 0.25) is 5.91 Å². The molecule has 0 fully saturated rings. The number of nitrogens with one attached hydrogen (secondary N) is 2. The molecule has 0 saturated heterocycles. The highest BCUT2D eigenvalue weighted by Crippen LogP contribution is 2.20. The molecule has 0 unspecified atom stereocenters. The largest absolute Gasteiger partial charge is 0.325 e. The van der Waals surface area contributed by atoms with Gasteiger partial charge in [-0.2, -0.15) is 10.2 Å². The average molecular weight is 395 g/mol. The first kappa shape index (κ1) is 18.5. The number of carbonyl (C=O) groups excluding carboxylic acids is 1. The molecule has 0 aliphatic heterocycles. The summed E-state index contributed by atoms with van der Waals surface area (Å²) in [4.78, 5) is 24.6. The molecular formula is C20H15F2N5O2. The van der Waals surface area contributed by atoms with Crippen LogP contribution in [0.25, 0.3) is 16.8 Å². The molecule has 0 saturated carbocycles. The Bertz CT molecular complexity index is 1280. The zero-order valence-corrected chi connectivity index (χ0v) is 15.2. The van der Waals surface area contributed by atoms with Crippen LogP contribution < -0.4 is 10.9 Å². The fourth-order valence-corrected chi connectivity index (χ4v) is 2.94. The summed E-state index contributed by atoms with van der Waals surface area (Å²) in [6, 6.07) is 11.3. The van der Waals surface area contributed by atoms with Crippen molar-refractivity contribution in [1.29, 1.82) is 0 Å². The minimum atomic E-state index is -0.468. The van der Waals surface area contributed by atoms with E-state index in [1.807, 2.05) is 0 Å². The fourth-order valence-electron chi connectivity index (χ4n) is 2.94. The van der Waals surface area contributed by atoms with Crippen LogP contribution in [0.3, 0.4) is 0 Å². The number of fused-ring (bicyclic) bond motifs is 1. The molecule has 0 aliphatic rings. The first-order valence-electron chi connectivity index (χ1n) is 8.70. The van der Waals surface area contributed by atoms with Gasteiger partial charge < -0.3 is 5.32 Å². The van der Waals surface area contributed by atoms with Crippen molar-refractivity contribution in [3.05, 3.63) is 81.9 Å². The second-order valence-corrected chi connectivity index (χ2v) is 6.49. The Morgan fingerprint density at radius 2 is 1.83 bits per heavy atom. The molecule has 29 heavy (non-hydrogen) atoms. The van der Waals surface area contributed by atoms with E-state index in [9.17, 15) is 18.4 Å². The van der Waals surface area contributed by atoms with Crippen molar-refractivity contribution >= 4 is 17.1 Å². The van der Waals surface area contributed by atoms with Gasteiger partial charge in [-0.15, -0.1) is 0 Å². The van der Waals surface area contributed by atoms with Crippen molar-refractivity contribution in [2.75, 3.05) is 5.32 Å². The van der Waals surface area contributed by atoms with Crippen molar-refractivity contribution in [3.8, 4) is 11.3 Å². The predicted octanol–water partition coefficient (Wildman–Crippen LogP) is 2.85. The molecular weight excluding hydrogens is 380 g/mol. The number of H-pyrrole nitrogens is 1. The molecule has 0 aliphatic carbocycles. The maximum atomic E-state index is 13.2. The molecule has 0 radical (unpaired) electrons.